The van der Waals surface area contributed by atoms with Crippen LogP contribution in [0.5, 0.6) is 5.75 Å². The van der Waals surface area contributed by atoms with Gasteiger partial charge in [0.2, 0.25) is 0 Å². The number of ketones is 1. The fourth-order valence-corrected chi connectivity index (χ4v) is 2.04. The lowest BCUT2D eigenvalue weighted by Gasteiger charge is -2.10. The molecule has 0 atom stereocenters. The number of halogens is 1. The Morgan fingerprint density at radius 2 is 2.00 bits per heavy atom. The summed E-state index contributed by atoms with van der Waals surface area (Å²) in [5.41, 5.74) is 0.767. The van der Waals surface area contributed by atoms with Gasteiger partial charge < -0.3 is 4.74 Å². The number of rotatable bonds is 5. The minimum absolute atomic E-state index is 0.000927. The summed E-state index contributed by atoms with van der Waals surface area (Å²) in [7, 11) is 0. The first-order valence-electron chi connectivity index (χ1n) is 6.14. The molecular formula is C15H12ClNO4. The van der Waals surface area contributed by atoms with Crippen LogP contribution in [0.15, 0.2) is 42.5 Å². The number of hydrogen-bond donors (Lipinski definition) is 0. The molecule has 5 nitrogen and oxygen atoms in total. The van der Waals surface area contributed by atoms with Gasteiger partial charge in [-0.3, -0.25) is 14.9 Å². The number of para-hydroxylation sites is 1. The molecular weight excluding hydrogens is 294 g/mol. The average molecular weight is 306 g/mol. The molecule has 0 heterocycles. The van der Waals surface area contributed by atoms with Gasteiger partial charge in [0.25, 0.3) is 5.69 Å². The molecule has 0 saturated heterocycles. The number of Topliss-reactive ketones (excluding diaryl/α,β-unsaturated/α-hetero) is 1. The Morgan fingerprint density at radius 3 is 2.67 bits per heavy atom. The van der Waals surface area contributed by atoms with E-state index in [-0.39, 0.29) is 18.1 Å². The molecule has 0 bridgehead atoms. The van der Waals surface area contributed by atoms with Gasteiger partial charge in [0.1, 0.15) is 12.4 Å². The Balaban J connectivity index is 2.25. The largest absolute Gasteiger partial charge is 0.488 e. The second kappa shape index (κ2) is 6.37. The fraction of sp³-hybridized carbons (Fsp3) is 0.133. The first-order chi connectivity index (χ1) is 9.99. The van der Waals surface area contributed by atoms with E-state index in [1.807, 2.05) is 0 Å². The Hall–Kier alpha value is -2.40. The fourth-order valence-electron chi connectivity index (χ4n) is 1.87. The second-order valence-corrected chi connectivity index (χ2v) is 4.81. The number of nitro groups is 1. The van der Waals surface area contributed by atoms with Crippen LogP contribution in [0.1, 0.15) is 22.8 Å². The minimum atomic E-state index is -0.466. The molecule has 0 aliphatic heterocycles. The summed E-state index contributed by atoms with van der Waals surface area (Å²) in [6, 6.07) is 11.0. The number of benzene rings is 2. The van der Waals surface area contributed by atoms with Gasteiger partial charge >= 0.3 is 0 Å². The lowest BCUT2D eigenvalue weighted by Crippen LogP contribution is -2.03. The second-order valence-electron chi connectivity index (χ2n) is 4.37. The number of carbonyl (C=O) groups excluding carboxylic acids is 1. The van der Waals surface area contributed by atoms with Gasteiger partial charge in [0, 0.05) is 11.1 Å². The lowest BCUT2D eigenvalue weighted by molar-refractivity contribution is -0.385. The summed E-state index contributed by atoms with van der Waals surface area (Å²) in [4.78, 5) is 22.0. The van der Waals surface area contributed by atoms with Crippen molar-refractivity contribution < 1.29 is 14.5 Å². The maximum absolute atomic E-state index is 11.6. The van der Waals surface area contributed by atoms with Gasteiger partial charge in [0.15, 0.2) is 5.78 Å². The zero-order chi connectivity index (χ0) is 15.4. The first-order valence-corrected chi connectivity index (χ1v) is 6.52. The number of ether oxygens (including phenoxy) is 1. The van der Waals surface area contributed by atoms with Crippen molar-refractivity contribution in [2.45, 2.75) is 13.5 Å². The maximum atomic E-state index is 11.6. The van der Waals surface area contributed by atoms with Crippen molar-refractivity contribution in [3.8, 4) is 5.75 Å². The molecule has 0 aliphatic carbocycles. The highest BCUT2D eigenvalue weighted by Crippen LogP contribution is 2.26. The van der Waals surface area contributed by atoms with E-state index in [2.05, 4.69) is 0 Å². The highest BCUT2D eigenvalue weighted by Gasteiger charge is 2.14. The smallest absolute Gasteiger partial charge is 0.276 e. The van der Waals surface area contributed by atoms with E-state index >= 15 is 0 Å². The van der Waals surface area contributed by atoms with E-state index in [4.69, 9.17) is 16.3 Å². The topological polar surface area (TPSA) is 69.4 Å². The summed E-state index contributed by atoms with van der Waals surface area (Å²) in [5.74, 6) is 0.167. The van der Waals surface area contributed by atoms with Crippen molar-refractivity contribution in [2.24, 2.45) is 0 Å². The van der Waals surface area contributed by atoms with Crippen molar-refractivity contribution in [3.05, 3.63) is 68.7 Å². The van der Waals surface area contributed by atoms with E-state index in [1.54, 1.807) is 30.3 Å². The third-order valence-electron chi connectivity index (χ3n) is 2.89. The molecule has 108 valence electrons. The highest BCUT2D eigenvalue weighted by molar-refractivity contribution is 6.31. The number of hydrogen-bond acceptors (Lipinski definition) is 4. The van der Waals surface area contributed by atoms with E-state index in [0.717, 1.165) is 0 Å². The summed E-state index contributed by atoms with van der Waals surface area (Å²) >= 11 is 5.85. The average Bonchev–Trinajstić information content (AvgIpc) is 2.46. The Labute approximate surface area is 126 Å². The molecule has 0 aliphatic rings. The van der Waals surface area contributed by atoms with Crippen LogP contribution in [-0.4, -0.2) is 10.7 Å². The van der Waals surface area contributed by atoms with Crippen LogP contribution in [-0.2, 0) is 6.61 Å². The van der Waals surface area contributed by atoms with Crippen molar-refractivity contribution in [1.82, 2.24) is 0 Å². The van der Waals surface area contributed by atoms with Gasteiger partial charge in [0.05, 0.1) is 16.1 Å². The molecule has 2 rings (SSSR count). The predicted octanol–water partition coefficient (Wildman–Crippen LogP) is 4.03. The standard InChI is InChI=1S/C15H12ClNO4/c1-10(18)13-8-12(16)6-7-15(13)21-9-11-4-2-3-5-14(11)17(19)20/h2-8H,9H2,1H3. The third-order valence-corrected chi connectivity index (χ3v) is 3.13. The summed E-state index contributed by atoms with van der Waals surface area (Å²) in [5, 5.41) is 11.4. The van der Waals surface area contributed by atoms with Gasteiger partial charge in [-0.15, -0.1) is 0 Å². The van der Waals surface area contributed by atoms with Gasteiger partial charge in [-0.05, 0) is 31.2 Å². The number of nitro benzene ring substituents is 1. The van der Waals surface area contributed by atoms with Crippen LogP contribution in [0.2, 0.25) is 5.02 Å². The Kier molecular flexibility index (Phi) is 4.55. The number of nitrogens with zero attached hydrogens (tertiary/aromatic N) is 1. The molecule has 0 radical (unpaired) electrons. The molecule has 0 amide bonds. The zero-order valence-electron chi connectivity index (χ0n) is 11.2. The van der Waals surface area contributed by atoms with Crippen molar-refractivity contribution in [2.75, 3.05) is 0 Å². The van der Waals surface area contributed by atoms with Crippen LogP contribution >= 0.6 is 11.6 Å². The SMILES string of the molecule is CC(=O)c1cc(Cl)ccc1OCc1ccccc1[N+](=O)[O-]. The lowest BCUT2D eigenvalue weighted by atomic mass is 10.1. The van der Waals surface area contributed by atoms with Crippen LogP contribution in [0, 0.1) is 10.1 Å². The molecule has 6 heteroatoms. The molecule has 0 fully saturated rings. The molecule has 0 saturated carbocycles. The van der Waals surface area contributed by atoms with Crippen LogP contribution in [0.3, 0.4) is 0 Å². The Bertz CT molecular complexity index is 700. The van der Waals surface area contributed by atoms with E-state index in [0.29, 0.717) is 21.9 Å². The van der Waals surface area contributed by atoms with Crippen molar-refractivity contribution >= 4 is 23.1 Å². The number of carbonyl (C=O) groups is 1. The molecule has 2 aromatic carbocycles. The summed E-state index contributed by atoms with van der Waals surface area (Å²) in [6.45, 7) is 1.41. The summed E-state index contributed by atoms with van der Waals surface area (Å²) < 4.78 is 5.55. The van der Waals surface area contributed by atoms with Crippen LogP contribution < -0.4 is 4.74 Å². The van der Waals surface area contributed by atoms with Crippen LogP contribution in [0.25, 0.3) is 0 Å². The van der Waals surface area contributed by atoms with Gasteiger partial charge in [-0.1, -0.05) is 23.7 Å². The molecule has 0 N–H and O–H groups in total. The minimum Gasteiger partial charge on any atom is -0.488 e. The zero-order valence-corrected chi connectivity index (χ0v) is 12.0. The van der Waals surface area contributed by atoms with E-state index in [9.17, 15) is 14.9 Å². The highest BCUT2D eigenvalue weighted by atomic mass is 35.5. The summed E-state index contributed by atoms with van der Waals surface area (Å²) in [6.07, 6.45) is 0. The monoisotopic (exact) mass is 305 g/mol. The molecule has 0 unspecified atom stereocenters. The Morgan fingerprint density at radius 1 is 1.29 bits per heavy atom. The van der Waals surface area contributed by atoms with Gasteiger partial charge in [-0.25, -0.2) is 0 Å². The molecule has 21 heavy (non-hydrogen) atoms. The van der Waals surface area contributed by atoms with E-state index in [1.165, 1.54) is 19.1 Å². The normalized spacial score (nSPS) is 10.2. The predicted molar refractivity (Wildman–Crippen MR) is 78.9 cm³/mol. The quantitative estimate of drug-likeness (QED) is 0.475. The maximum Gasteiger partial charge on any atom is 0.276 e. The molecule has 2 aromatic rings. The van der Waals surface area contributed by atoms with Gasteiger partial charge in [-0.2, -0.15) is 0 Å². The van der Waals surface area contributed by atoms with Crippen molar-refractivity contribution in [3.63, 3.8) is 0 Å². The third kappa shape index (κ3) is 3.58. The first kappa shape index (κ1) is 15.0. The van der Waals surface area contributed by atoms with Crippen LogP contribution in [0.4, 0.5) is 5.69 Å². The van der Waals surface area contributed by atoms with Crippen molar-refractivity contribution in [1.29, 1.82) is 0 Å². The molecule has 0 spiro atoms. The van der Waals surface area contributed by atoms with E-state index < -0.39 is 4.92 Å². The molecule has 0 aromatic heterocycles.